The lowest BCUT2D eigenvalue weighted by Crippen LogP contribution is -2.33. The normalized spacial score (nSPS) is 12.8. The Labute approximate surface area is 180 Å². The van der Waals surface area contributed by atoms with Crippen molar-refractivity contribution in [2.24, 2.45) is 0 Å². The Balaban J connectivity index is 3.36. The fourth-order valence-corrected chi connectivity index (χ4v) is 1.98. The molecule has 0 bridgehead atoms. The molecule has 0 aliphatic carbocycles. The molecule has 0 amide bonds. The summed E-state index contributed by atoms with van der Waals surface area (Å²) < 4.78 is 20.8. The smallest absolute Gasteiger partial charge is 0.333 e. The van der Waals surface area contributed by atoms with E-state index < -0.39 is 12.1 Å². The van der Waals surface area contributed by atoms with E-state index >= 15 is 0 Å². The van der Waals surface area contributed by atoms with Crippen molar-refractivity contribution in [1.82, 2.24) is 10.6 Å². The van der Waals surface area contributed by atoms with Crippen LogP contribution in [0.4, 0.5) is 0 Å². The third kappa shape index (κ3) is 17.2. The maximum Gasteiger partial charge on any atom is 0.333 e. The summed E-state index contributed by atoms with van der Waals surface area (Å²) in [5.74, 6) is -0.660. The Kier molecular flexibility index (Phi) is 17.1. The molecule has 0 aliphatic heterocycles. The summed E-state index contributed by atoms with van der Waals surface area (Å²) in [7, 11) is 2.00. The summed E-state index contributed by atoms with van der Waals surface area (Å²) >= 11 is 0. The van der Waals surface area contributed by atoms with E-state index in [4.69, 9.17) is 18.9 Å². The number of hydrogen-bond donors (Lipinski definition) is 3. The number of nitrogens with one attached hydrogen (secondary N) is 2. The van der Waals surface area contributed by atoms with Crippen LogP contribution in [0.3, 0.4) is 0 Å². The van der Waals surface area contributed by atoms with Gasteiger partial charge in [-0.25, -0.2) is 9.59 Å². The molecule has 0 aromatic rings. The number of carbonyl (C=O) groups is 2. The van der Waals surface area contributed by atoms with Crippen LogP contribution >= 0.6 is 0 Å². The van der Waals surface area contributed by atoms with Gasteiger partial charge in [0, 0.05) is 30.8 Å². The molecule has 0 fully saturated rings. The van der Waals surface area contributed by atoms with Crippen molar-refractivity contribution in [3.05, 3.63) is 24.3 Å². The molecule has 10 heteroatoms. The van der Waals surface area contributed by atoms with Gasteiger partial charge in [0.2, 0.25) is 0 Å². The number of hydrogen-bond acceptors (Lipinski definition) is 9. The van der Waals surface area contributed by atoms with Gasteiger partial charge in [-0.3, -0.25) is 0 Å². The van der Waals surface area contributed by atoms with E-state index in [0.717, 1.165) is 6.54 Å². The molecule has 0 aliphatic rings. The maximum atomic E-state index is 11.3. The van der Waals surface area contributed by atoms with Crippen molar-refractivity contribution >= 4 is 19.8 Å². The first-order valence-electron chi connectivity index (χ1n) is 10.1. The Hall–Kier alpha value is -1.72. The number of aliphatic hydroxyl groups is 1. The zero-order chi connectivity index (χ0) is 22.8. The van der Waals surface area contributed by atoms with Crippen LogP contribution in [-0.2, 0) is 28.5 Å². The summed E-state index contributed by atoms with van der Waals surface area (Å²) in [5, 5.41) is 15.9. The molecule has 0 spiro atoms. The highest BCUT2D eigenvalue weighted by molar-refractivity contribution is 6.12. The number of esters is 2. The Bertz CT molecular complexity index is 485. The van der Waals surface area contributed by atoms with Crippen molar-refractivity contribution in [3.8, 4) is 0 Å². The molecule has 0 aromatic carbocycles. The van der Waals surface area contributed by atoms with Crippen LogP contribution in [0.25, 0.3) is 0 Å². The second-order valence-corrected chi connectivity index (χ2v) is 7.15. The third-order valence-electron chi connectivity index (χ3n) is 3.69. The van der Waals surface area contributed by atoms with E-state index in [-0.39, 0.29) is 18.4 Å². The molecule has 0 saturated heterocycles. The lowest BCUT2D eigenvalue weighted by molar-refractivity contribution is -0.142. The predicted octanol–water partition coefficient (Wildman–Crippen LogP) is -0.780. The minimum absolute atomic E-state index is 0.0696. The van der Waals surface area contributed by atoms with E-state index in [2.05, 4.69) is 23.8 Å². The maximum absolute atomic E-state index is 11.3. The van der Waals surface area contributed by atoms with Gasteiger partial charge in [-0.05, 0) is 26.2 Å². The van der Waals surface area contributed by atoms with Gasteiger partial charge in [-0.1, -0.05) is 13.2 Å². The van der Waals surface area contributed by atoms with Crippen molar-refractivity contribution in [3.63, 3.8) is 0 Å². The zero-order valence-corrected chi connectivity index (χ0v) is 18.5. The zero-order valence-electron chi connectivity index (χ0n) is 18.5. The highest BCUT2D eigenvalue weighted by Gasteiger charge is 2.09. The monoisotopic (exact) mass is 428 g/mol. The number of ether oxygens (including phenoxy) is 4. The molecule has 2 unspecified atom stereocenters. The van der Waals surface area contributed by atoms with E-state index in [1.807, 2.05) is 7.85 Å². The quantitative estimate of drug-likeness (QED) is 0.105. The largest absolute Gasteiger partial charge is 0.463 e. The van der Waals surface area contributed by atoms with Crippen LogP contribution < -0.4 is 10.6 Å². The number of carbonyl (C=O) groups excluding carboxylic acids is 2. The van der Waals surface area contributed by atoms with Crippen molar-refractivity contribution < 1.29 is 33.6 Å². The summed E-state index contributed by atoms with van der Waals surface area (Å²) in [6.45, 7) is 14.8. The van der Waals surface area contributed by atoms with Gasteiger partial charge in [0.25, 0.3) is 0 Å². The first-order valence-corrected chi connectivity index (χ1v) is 10.1. The average Bonchev–Trinajstić information content (AvgIpc) is 2.70. The lowest BCUT2D eigenvalue weighted by atomic mass is 9.88. The van der Waals surface area contributed by atoms with Gasteiger partial charge in [-0.2, -0.15) is 0 Å². The molecule has 9 nitrogen and oxygen atoms in total. The number of aliphatic hydroxyl groups excluding tert-OH is 1. The molecular weight excluding hydrogens is 391 g/mol. The summed E-state index contributed by atoms with van der Waals surface area (Å²) in [6, 6.07) is 0. The predicted molar refractivity (Wildman–Crippen MR) is 117 cm³/mol. The Morgan fingerprint density at radius 3 is 1.83 bits per heavy atom. The van der Waals surface area contributed by atoms with E-state index in [0.29, 0.717) is 63.8 Å². The number of rotatable bonds is 19. The summed E-state index contributed by atoms with van der Waals surface area (Å²) in [6.07, 6.45) is -0.773. The Morgan fingerprint density at radius 1 is 0.867 bits per heavy atom. The van der Waals surface area contributed by atoms with Gasteiger partial charge < -0.3 is 34.7 Å². The highest BCUT2D eigenvalue weighted by atomic mass is 16.5. The first kappa shape index (κ1) is 28.3. The third-order valence-corrected chi connectivity index (χ3v) is 3.69. The second kappa shape index (κ2) is 18.1. The van der Waals surface area contributed by atoms with Crippen molar-refractivity contribution in [2.75, 3.05) is 65.8 Å². The SMILES string of the molecule is BC(CNCCOCCOCCNCC(O)COC(=O)C(=C)C)COC(=O)C(=C)C. The fourth-order valence-electron chi connectivity index (χ4n) is 1.98. The standard InChI is InChI=1S/C20H37BN2O7/c1-15(2)19(25)29-13-17(21)11-22-5-7-27-9-10-28-8-6-23-12-18(24)14-30-20(26)16(3)4/h17-18,22-24H,1,3,5-14,21H2,2,4H3. The minimum atomic E-state index is -0.773. The molecule has 0 aromatic heterocycles. The molecular formula is C20H37BN2O7. The van der Waals surface area contributed by atoms with Crippen LogP contribution in [0.5, 0.6) is 0 Å². The van der Waals surface area contributed by atoms with Crippen molar-refractivity contribution in [2.45, 2.75) is 25.8 Å². The van der Waals surface area contributed by atoms with Gasteiger partial charge in [0.05, 0.1) is 33.0 Å². The first-order chi connectivity index (χ1) is 14.2. The van der Waals surface area contributed by atoms with Crippen LogP contribution in [0, 0.1) is 0 Å². The molecule has 0 radical (unpaired) electrons. The van der Waals surface area contributed by atoms with E-state index in [1.165, 1.54) is 0 Å². The fraction of sp³-hybridized carbons (Fsp3) is 0.700. The molecule has 2 atom stereocenters. The molecule has 172 valence electrons. The van der Waals surface area contributed by atoms with E-state index in [1.54, 1.807) is 13.8 Å². The van der Waals surface area contributed by atoms with Crippen LogP contribution in [0.2, 0.25) is 5.82 Å². The second-order valence-electron chi connectivity index (χ2n) is 7.15. The molecule has 3 N–H and O–H groups in total. The molecule has 0 saturated carbocycles. The van der Waals surface area contributed by atoms with Crippen molar-refractivity contribution in [1.29, 1.82) is 0 Å². The highest BCUT2D eigenvalue weighted by Crippen LogP contribution is 2.00. The van der Waals surface area contributed by atoms with E-state index in [9.17, 15) is 14.7 Å². The van der Waals surface area contributed by atoms with Gasteiger partial charge in [-0.15, -0.1) is 0 Å². The minimum Gasteiger partial charge on any atom is -0.463 e. The molecule has 0 rings (SSSR count). The Morgan fingerprint density at radius 2 is 1.33 bits per heavy atom. The van der Waals surface area contributed by atoms with Gasteiger partial charge >= 0.3 is 11.9 Å². The summed E-state index contributed by atoms with van der Waals surface area (Å²) in [4.78, 5) is 22.5. The van der Waals surface area contributed by atoms with Crippen LogP contribution in [-0.4, -0.2) is 96.8 Å². The average molecular weight is 428 g/mol. The molecule has 30 heavy (non-hydrogen) atoms. The van der Waals surface area contributed by atoms with Crippen LogP contribution in [0.1, 0.15) is 13.8 Å². The lowest BCUT2D eigenvalue weighted by Gasteiger charge is -2.13. The molecule has 0 heterocycles. The summed E-state index contributed by atoms with van der Waals surface area (Å²) in [5.41, 5.74) is 0.707. The van der Waals surface area contributed by atoms with Gasteiger partial charge in [0.1, 0.15) is 20.6 Å². The van der Waals surface area contributed by atoms with Crippen LogP contribution in [0.15, 0.2) is 24.3 Å². The van der Waals surface area contributed by atoms with Gasteiger partial charge in [0.15, 0.2) is 0 Å². The topological polar surface area (TPSA) is 115 Å².